The van der Waals surface area contributed by atoms with Gasteiger partial charge in [0.15, 0.2) is 0 Å². The van der Waals surface area contributed by atoms with Crippen LogP contribution in [-0.4, -0.2) is 50.8 Å². The predicted molar refractivity (Wildman–Crippen MR) is 273 cm³/mol. The molecule has 4 aliphatic carbocycles. The fourth-order valence-corrected chi connectivity index (χ4v) is 5.50. The molecule has 396 valence electrons. The van der Waals surface area contributed by atoms with Gasteiger partial charge >= 0.3 is 43.4 Å². The van der Waals surface area contributed by atoms with Crippen molar-refractivity contribution in [2.45, 2.75) is 67.2 Å². The van der Waals surface area contributed by atoms with E-state index in [1.807, 2.05) is 72.9 Å². The van der Waals surface area contributed by atoms with Crippen molar-refractivity contribution >= 4 is 46.4 Å². The number of benzene rings is 4. The van der Waals surface area contributed by atoms with Crippen LogP contribution in [0, 0.1) is 95.1 Å². The predicted octanol–water partition coefficient (Wildman–Crippen LogP) is 13.0. The van der Waals surface area contributed by atoms with Crippen LogP contribution < -0.4 is 19.6 Å². The van der Waals surface area contributed by atoms with E-state index in [4.69, 9.17) is 0 Å². The molecule has 0 aromatic heterocycles. The van der Waals surface area contributed by atoms with Crippen LogP contribution in [0.5, 0.6) is 0 Å². The molecule has 0 radical (unpaired) electrons. The number of nitrogens with zero attached hydrogens (tertiary/aromatic N) is 4. The summed E-state index contributed by atoms with van der Waals surface area (Å²) in [5, 5.41) is 0. The third-order valence-electron chi connectivity index (χ3n) is 9.35. The zero-order valence-corrected chi connectivity index (χ0v) is 46.4. The Labute approximate surface area is 472 Å². The fraction of sp³-hybridized carbons (Fsp3) is 0.241. The zero-order chi connectivity index (χ0) is 55.6. The first-order chi connectivity index (χ1) is 35.2. The van der Waals surface area contributed by atoms with Crippen LogP contribution in [-0.2, 0) is 62.6 Å². The van der Waals surface area contributed by atoms with E-state index in [-0.39, 0.29) is 89.8 Å². The molecule has 4 aromatic rings. The van der Waals surface area contributed by atoms with Crippen molar-refractivity contribution in [2.75, 3.05) is 46.8 Å². The Morgan fingerprint density at radius 2 is 0.618 bits per heavy atom. The molecule has 0 atom stereocenters. The van der Waals surface area contributed by atoms with Crippen LogP contribution in [0.1, 0.15) is 67.2 Å². The Kier molecular flexibility index (Phi) is 38.5. The molecule has 0 N–H and O–H groups in total. The van der Waals surface area contributed by atoms with E-state index >= 15 is 0 Å². The molecule has 0 bridgehead atoms. The van der Waals surface area contributed by atoms with Gasteiger partial charge in [-0.2, -0.15) is 24.3 Å². The van der Waals surface area contributed by atoms with Crippen LogP contribution in [0.3, 0.4) is 0 Å². The standard InChI is InChI=1S/2C10H10F2NO.2C9H8F2NO.4C5H5.2Ti/c2*1-3-13(7(2)14)10-5-4-8(11)6-9(10)12;2*1-6(13)12(2)9-4-3-7(10)5-8(9)11;4*1-2-4-5-3-1;;/h2*4-5H,3H2,1-2H3;2*3-4H,1-2H3;4*1-3H,4H2;;/q8*-1;2*+4. The molecule has 8 rings (SSSR count). The van der Waals surface area contributed by atoms with Gasteiger partial charge in [0, 0.05) is 101 Å². The monoisotopic (exact) mass is 1120 g/mol. The third-order valence-corrected chi connectivity index (χ3v) is 9.35. The average molecular weight is 1120 g/mol. The number of carbonyl (C=O) groups is 4. The van der Waals surface area contributed by atoms with Gasteiger partial charge in [-0.3, -0.25) is 43.5 Å². The maximum atomic E-state index is 13.2. The molecule has 0 spiro atoms. The molecule has 0 heterocycles. The van der Waals surface area contributed by atoms with Crippen LogP contribution in [0.15, 0.2) is 121 Å². The molecule has 4 aliphatic rings. The van der Waals surface area contributed by atoms with Crippen LogP contribution in [0.2, 0.25) is 0 Å². The molecule has 8 nitrogen and oxygen atoms in total. The number of halogens is 8. The molecular weight excluding hydrogens is 1060 g/mol. The van der Waals surface area contributed by atoms with Crippen LogP contribution >= 0.6 is 0 Å². The number of hydrogen-bond donors (Lipinski definition) is 0. The van der Waals surface area contributed by atoms with E-state index in [9.17, 15) is 54.3 Å². The van der Waals surface area contributed by atoms with Gasteiger partial charge in [0.05, 0.1) is 0 Å². The Hall–Kier alpha value is -6.45. The largest absolute Gasteiger partial charge is 4.00 e. The summed E-state index contributed by atoms with van der Waals surface area (Å²) in [5.74, 6) is -7.73. The Bertz CT molecular complexity index is 2420. The molecule has 0 fully saturated rings. The quantitative estimate of drug-likeness (QED) is 0.109. The number of hydrogen-bond acceptors (Lipinski definition) is 4. The van der Waals surface area contributed by atoms with Crippen molar-refractivity contribution in [3.8, 4) is 0 Å². The van der Waals surface area contributed by atoms with Crippen molar-refractivity contribution in [3.63, 3.8) is 0 Å². The topological polar surface area (TPSA) is 81.2 Å². The Balaban J connectivity index is 0. The van der Waals surface area contributed by atoms with Crippen molar-refractivity contribution in [3.05, 3.63) is 217 Å². The summed E-state index contributed by atoms with van der Waals surface area (Å²) in [6.45, 7) is 9.34. The molecule has 0 saturated carbocycles. The maximum Gasteiger partial charge on any atom is 4.00 e. The van der Waals surface area contributed by atoms with Crippen LogP contribution in [0.25, 0.3) is 0 Å². The SMILES string of the molecule is CC(=O)N(C)c1ccc(F)[c-]c1F.CC(=O)N(C)c1ccc(F)[c-]c1F.CCN(C(C)=O)c1ccc(F)[c-]c1F.CCN(C(C)=O)c1ccc(F)[c-]c1F.[C-]1=CC=CC1.[C-]1=CC=CC1.[C-]1=CC=CC1.[C-]1=CC=CC1.[Ti+4].[Ti+4]. The summed E-state index contributed by atoms with van der Waals surface area (Å²) < 4.78 is 102. The first-order valence-corrected chi connectivity index (χ1v) is 22.6. The summed E-state index contributed by atoms with van der Waals surface area (Å²) in [6.07, 6.45) is 40.0. The Morgan fingerprint density at radius 1 is 0.395 bits per heavy atom. The molecule has 18 heteroatoms. The van der Waals surface area contributed by atoms with E-state index < -0.39 is 46.5 Å². The number of allylic oxidation sites excluding steroid dienone is 16. The van der Waals surface area contributed by atoms with Gasteiger partial charge in [0.2, 0.25) is 23.6 Å². The van der Waals surface area contributed by atoms with E-state index in [1.165, 1.54) is 75.9 Å². The fourth-order valence-electron chi connectivity index (χ4n) is 5.50. The normalized spacial score (nSPS) is 11.7. The van der Waals surface area contributed by atoms with Gasteiger partial charge in [-0.15, -0.1) is 98.5 Å². The van der Waals surface area contributed by atoms with Crippen molar-refractivity contribution < 1.29 is 97.7 Å². The first-order valence-electron chi connectivity index (χ1n) is 22.6. The first kappa shape index (κ1) is 71.6. The zero-order valence-electron chi connectivity index (χ0n) is 43.2. The maximum absolute atomic E-state index is 13.2. The average Bonchev–Trinajstić information content (AvgIpc) is 4.22. The molecule has 0 aliphatic heterocycles. The smallest absolute Gasteiger partial charge is 0.366 e. The van der Waals surface area contributed by atoms with Gasteiger partial charge in [0.25, 0.3) is 0 Å². The van der Waals surface area contributed by atoms with Gasteiger partial charge in [-0.25, -0.2) is 83.7 Å². The molecule has 0 unspecified atom stereocenters. The third kappa shape index (κ3) is 29.0. The van der Waals surface area contributed by atoms with Crippen molar-refractivity contribution in [1.82, 2.24) is 0 Å². The number of anilines is 4. The number of rotatable bonds is 6. The Morgan fingerprint density at radius 3 is 0.750 bits per heavy atom. The minimum Gasteiger partial charge on any atom is -0.366 e. The molecule has 0 saturated heterocycles. The van der Waals surface area contributed by atoms with E-state index in [0.717, 1.165) is 59.7 Å². The van der Waals surface area contributed by atoms with E-state index in [0.29, 0.717) is 13.1 Å². The van der Waals surface area contributed by atoms with Gasteiger partial charge in [0.1, 0.15) is 0 Å². The second kappa shape index (κ2) is 40.8. The van der Waals surface area contributed by atoms with E-state index in [2.05, 4.69) is 48.6 Å². The van der Waals surface area contributed by atoms with Gasteiger partial charge in [-0.05, 0) is 36.6 Å². The number of amides is 4. The minimum atomic E-state index is -0.863. The molecule has 4 amide bonds. The van der Waals surface area contributed by atoms with Crippen molar-refractivity contribution in [2.24, 2.45) is 0 Å². The summed E-state index contributed by atoms with van der Waals surface area (Å²) in [6, 6.07) is 16.6. The molecule has 4 aromatic carbocycles. The van der Waals surface area contributed by atoms with Gasteiger partial charge in [-0.1, -0.05) is 0 Å². The second-order valence-corrected chi connectivity index (χ2v) is 14.7. The van der Waals surface area contributed by atoms with Crippen molar-refractivity contribution in [1.29, 1.82) is 0 Å². The van der Waals surface area contributed by atoms with Crippen LogP contribution in [0.4, 0.5) is 57.9 Å². The van der Waals surface area contributed by atoms with E-state index in [1.54, 1.807) is 13.8 Å². The molecular formula is C58H56F8N4O4Ti2. The summed E-state index contributed by atoms with van der Waals surface area (Å²) in [4.78, 5) is 48.4. The summed E-state index contributed by atoms with van der Waals surface area (Å²) >= 11 is 0. The minimum absolute atomic E-state index is 0. The number of carbonyl (C=O) groups excluding carboxylic acids is 4. The summed E-state index contributed by atoms with van der Waals surface area (Å²) in [5.41, 5.74) is 0.158. The summed E-state index contributed by atoms with van der Waals surface area (Å²) in [7, 11) is 2.82. The second-order valence-electron chi connectivity index (χ2n) is 14.7. The molecule has 76 heavy (non-hydrogen) atoms. The van der Waals surface area contributed by atoms with Gasteiger partial charge < -0.3 is 19.6 Å².